The van der Waals surface area contributed by atoms with Crippen molar-refractivity contribution < 1.29 is 29.0 Å². The summed E-state index contributed by atoms with van der Waals surface area (Å²) < 4.78 is 4.81. The van der Waals surface area contributed by atoms with Crippen LogP contribution < -0.4 is 10.6 Å². The van der Waals surface area contributed by atoms with E-state index in [9.17, 15) is 19.2 Å². The molecule has 1 atom stereocenters. The number of aromatic nitrogens is 4. The summed E-state index contributed by atoms with van der Waals surface area (Å²) in [6.07, 6.45) is -1.68. The van der Waals surface area contributed by atoms with Crippen LogP contribution in [0.2, 0.25) is 10.0 Å². The van der Waals surface area contributed by atoms with E-state index in [0.29, 0.717) is 14.9 Å². The molecule has 2 aromatic rings. The largest absolute Gasteiger partial charge is 0.481 e. The van der Waals surface area contributed by atoms with Gasteiger partial charge in [0.25, 0.3) is 0 Å². The number of alkyl carbamates (subject to hydrolysis) is 1. The van der Waals surface area contributed by atoms with Crippen molar-refractivity contribution in [2.75, 3.05) is 13.2 Å². The summed E-state index contributed by atoms with van der Waals surface area (Å²) in [4.78, 5) is 47.7. The molecule has 0 aliphatic heterocycles. The van der Waals surface area contributed by atoms with Gasteiger partial charge in [-0.1, -0.05) is 29.3 Å². The molecule has 15 heteroatoms. The number of hydrogen-bond donors (Lipinski definition) is 3. The maximum atomic E-state index is 12.5. The molecule has 0 aliphatic rings. The molecule has 1 unspecified atom stereocenters. The van der Waals surface area contributed by atoms with Crippen LogP contribution in [0.25, 0.3) is 0 Å². The van der Waals surface area contributed by atoms with E-state index in [1.54, 1.807) is 18.2 Å². The molecule has 2 rings (SSSR count). The number of benzene rings is 1. The second kappa shape index (κ2) is 12.2. The first-order valence-electron chi connectivity index (χ1n) is 8.97. The first kappa shape index (κ1) is 25.4. The van der Waals surface area contributed by atoms with Gasteiger partial charge >= 0.3 is 12.1 Å². The van der Waals surface area contributed by atoms with Gasteiger partial charge in [-0.25, -0.2) is 4.79 Å². The van der Waals surface area contributed by atoms with E-state index >= 15 is 0 Å². The average molecular weight is 505 g/mol. The molecular formula is C17H18Cl2N6O6S. The summed E-state index contributed by atoms with van der Waals surface area (Å²) in [5, 5.41) is 26.2. The van der Waals surface area contributed by atoms with Gasteiger partial charge in [0.15, 0.2) is 5.78 Å². The van der Waals surface area contributed by atoms with Crippen molar-refractivity contribution in [3.63, 3.8) is 0 Å². The third kappa shape index (κ3) is 8.32. The summed E-state index contributed by atoms with van der Waals surface area (Å²) in [6.45, 7) is 0.759. The predicted molar refractivity (Wildman–Crippen MR) is 113 cm³/mol. The fourth-order valence-corrected chi connectivity index (χ4v) is 3.59. The van der Waals surface area contributed by atoms with Crippen LogP contribution in [0, 0.1) is 0 Å². The number of carboxylic acids is 1. The number of carboxylic acid groups (broad SMARTS) is 1. The van der Waals surface area contributed by atoms with Crippen molar-refractivity contribution >= 4 is 58.7 Å². The Morgan fingerprint density at radius 2 is 1.94 bits per heavy atom. The molecule has 2 amide bonds. The summed E-state index contributed by atoms with van der Waals surface area (Å²) in [5.74, 6) is -2.29. The molecule has 172 valence electrons. The highest BCUT2D eigenvalue weighted by Crippen LogP contribution is 2.36. The van der Waals surface area contributed by atoms with E-state index in [1.165, 1.54) is 6.92 Å². The lowest BCUT2D eigenvalue weighted by molar-refractivity contribution is -0.139. The van der Waals surface area contributed by atoms with Crippen molar-refractivity contribution in [2.45, 2.75) is 36.0 Å². The highest BCUT2D eigenvalue weighted by molar-refractivity contribution is 7.99. The highest BCUT2D eigenvalue weighted by atomic mass is 35.5. The molecular weight excluding hydrogens is 487 g/mol. The quantitative estimate of drug-likeness (QED) is 0.380. The summed E-state index contributed by atoms with van der Waals surface area (Å²) in [6, 6.07) is 3.57. The molecule has 1 aromatic carbocycles. The maximum absolute atomic E-state index is 12.5. The van der Waals surface area contributed by atoms with Crippen molar-refractivity contribution in [1.29, 1.82) is 0 Å². The monoisotopic (exact) mass is 504 g/mol. The third-order valence-electron chi connectivity index (χ3n) is 3.61. The molecule has 0 saturated heterocycles. The first-order valence-corrected chi connectivity index (χ1v) is 10.5. The molecule has 1 heterocycles. The van der Waals surface area contributed by atoms with Gasteiger partial charge in [-0.05, 0) is 29.1 Å². The lowest BCUT2D eigenvalue weighted by atomic mass is 10.1. The number of aliphatic carboxylic acids is 1. The van der Waals surface area contributed by atoms with Gasteiger partial charge < -0.3 is 20.5 Å². The topological polar surface area (TPSA) is 165 Å². The van der Waals surface area contributed by atoms with Gasteiger partial charge in [0.2, 0.25) is 11.1 Å². The SMILES string of the molecule is CC(=O)NCCOC(=O)NC(CC(=O)O)C(=O)Cn1nnc(Sc2c(Cl)cccc2Cl)n1. The standard InChI is InChI=1S/C17H18Cl2N6O6S/c1-9(26)20-5-6-31-17(30)21-12(7-14(28)29)13(27)8-25-23-16(22-24-25)32-15-10(18)3-2-4-11(15)19/h2-4,12H,5-8H2,1H3,(H,20,26)(H,21,30)(H,28,29). The van der Waals surface area contributed by atoms with Crippen LogP contribution in [0.1, 0.15) is 13.3 Å². The van der Waals surface area contributed by atoms with E-state index in [-0.39, 0.29) is 24.2 Å². The van der Waals surface area contributed by atoms with E-state index in [4.69, 9.17) is 33.0 Å². The van der Waals surface area contributed by atoms with Crippen LogP contribution in [0.4, 0.5) is 4.79 Å². The minimum atomic E-state index is -1.39. The predicted octanol–water partition coefficient (Wildman–Crippen LogP) is 1.41. The van der Waals surface area contributed by atoms with Crippen LogP contribution in [-0.4, -0.2) is 68.3 Å². The number of ketones is 1. The molecule has 3 N–H and O–H groups in total. The van der Waals surface area contributed by atoms with Crippen LogP contribution in [-0.2, 0) is 25.7 Å². The van der Waals surface area contributed by atoms with Gasteiger partial charge in [-0.15, -0.1) is 10.2 Å². The molecule has 0 bridgehead atoms. The minimum Gasteiger partial charge on any atom is -0.481 e. The second-order valence-electron chi connectivity index (χ2n) is 6.14. The number of tetrazole rings is 1. The average Bonchev–Trinajstić information content (AvgIpc) is 3.14. The van der Waals surface area contributed by atoms with E-state index in [1.807, 2.05) is 0 Å². The Kier molecular flexibility index (Phi) is 9.68. The Balaban J connectivity index is 1.97. The molecule has 32 heavy (non-hydrogen) atoms. The third-order valence-corrected chi connectivity index (χ3v) is 5.46. The maximum Gasteiger partial charge on any atom is 0.407 e. The van der Waals surface area contributed by atoms with Gasteiger partial charge in [0, 0.05) is 6.92 Å². The molecule has 0 radical (unpaired) electrons. The van der Waals surface area contributed by atoms with Crippen molar-refractivity contribution in [1.82, 2.24) is 30.8 Å². The van der Waals surface area contributed by atoms with Crippen LogP contribution in [0.3, 0.4) is 0 Å². The van der Waals surface area contributed by atoms with E-state index in [0.717, 1.165) is 16.6 Å². The fraction of sp³-hybridized carbons (Fsp3) is 0.353. The van der Waals surface area contributed by atoms with Crippen LogP contribution >= 0.6 is 35.0 Å². The Morgan fingerprint density at radius 3 is 2.56 bits per heavy atom. The molecule has 0 saturated carbocycles. The number of rotatable bonds is 11. The van der Waals surface area contributed by atoms with Crippen LogP contribution in [0.15, 0.2) is 28.3 Å². The van der Waals surface area contributed by atoms with E-state index < -0.39 is 36.9 Å². The lowest BCUT2D eigenvalue weighted by Gasteiger charge is -2.15. The second-order valence-corrected chi connectivity index (χ2v) is 7.93. The van der Waals surface area contributed by atoms with Gasteiger partial charge in [0.05, 0.1) is 27.9 Å². The molecule has 0 fully saturated rings. The Bertz CT molecular complexity index is 983. The highest BCUT2D eigenvalue weighted by Gasteiger charge is 2.25. The number of nitrogens with one attached hydrogen (secondary N) is 2. The molecule has 0 spiro atoms. The minimum absolute atomic E-state index is 0.0685. The zero-order valence-electron chi connectivity index (χ0n) is 16.6. The number of hydrogen-bond acceptors (Lipinski definition) is 9. The lowest BCUT2D eigenvalue weighted by Crippen LogP contribution is -2.44. The summed E-state index contributed by atoms with van der Waals surface area (Å²) in [5.41, 5.74) is 0. The van der Waals surface area contributed by atoms with Crippen molar-refractivity contribution in [2.24, 2.45) is 0 Å². The number of carbonyl (C=O) groups excluding carboxylic acids is 3. The fourth-order valence-electron chi connectivity index (χ4n) is 2.23. The first-order chi connectivity index (χ1) is 15.2. The summed E-state index contributed by atoms with van der Waals surface area (Å²) >= 11 is 13.2. The van der Waals surface area contributed by atoms with Crippen molar-refractivity contribution in [3.05, 3.63) is 28.2 Å². The van der Waals surface area contributed by atoms with Gasteiger partial charge in [0.1, 0.15) is 19.2 Å². The zero-order valence-corrected chi connectivity index (χ0v) is 18.9. The normalized spacial score (nSPS) is 11.5. The number of Topliss-reactive ketones (excluding diaryl/α,β-unsaturated/α-hetero) is 1. The molecule has 0 aliphatic carbocycles. The molecule has 12 nitrogen and oxygen atoms in total. The number of ether oxygens (including phenoxy) is 1. The van der Waals surface area contributed by atoms with Crippen molar-refractivity contribution in [3.8, 4) is 0 Å². The Hall–Kier alpha value is -2.90. The zero-order chi connectivity index (χ0) is 23.7. The number of amides is 2. The Morgan fingerprint density at radius 1 is 1.25 bits per heavy atom. The van der Waals surface area contributed by atoms with Gasteiger partial charge in [-0.3, -0.25) is 14.4 Å². The smallest absolute Gasteiger partial charge is 0.407 e. The molecule has 1 aromatic heterocycles. The van der Waals surface area contributed by atoms with E-state index in [2.05, 4.69) is 26.0 Å². The van der Waals surface area contributed by atoms with Gasteiger partial charge in [-0.2, -0.15) is 4.80 Å². The number of nitrogens with zero attached hydrogens (tertiary/aromatic N) is 4. The number of carbonyl (C=O) groups is 4. The number of halogens is 2. The summed E-state index contributed by atoms with van der Waals surface area (Å²) in [7, 11) is 0. The van der Waals surface area contributed by atoms with Crippen LogP contribution in [0.5, 0.6) is 0 Å². The Labute approximate surface area is 196 Å².